The number of nitrogens with zero attached hydrogens (tertiary/aromatic N) is 1. The fourth-order valence-corrected chi connectivity index (χ4v) is 4.06. The molecule has 0 unspecified atom stereocenters. The number of hydrogen-bond donors (Lipinski definition) is 1. The van der Waals surface area contributed by atoms with Gasteiger partial charge in [0, 0.05) is 13.2 Å². The number of ether oxygens (including phenoxy) is 1. The maximum atomic E-state index is 11.9. The third-order valence-corrected chi connectivity index (χ3v) is 5.49. The molecule has 8 heteroatoms. The fourth-order valence-electron chi connectivity index (χ4n) is 1.26. The Balaban J connectivity index is 2.43. The second-order valence-electron chi connectivity index (χ2n) is 3.70. The summed E-state index contributed by atoms with van der Waals surface area (Å²) < 4.78 is 31.9. The summed E-state index contributed by atoms with van der Waals surface area (Å²) in [5, 5.41) is 0. The second-order valence-corrected chi connectivity index (χ2v) is 7.25. The number of unbranched alkanes of at least 4 members (excludes halogenated alkanes) is 1. The van der Waals surface area contributed by atoms with Gasteiger partial charge in [0.2, 0.25) is 0 Å². The molecule has 0 bridgehead atoms. The molecule has 0 aliphatic carbocycles. The molecule has 0 atom stereocenters. The lowest BCUT2D eigenvalue weighted by atomic mass is 10.4. The van der Waals surface area contributed by atoms with Crippen molar-refractivity contribution < 1.29 is 13.2 Å². The molecule has 1 heterocycles. The first-order valence-corrected chi connectivity index (χ1v) is 8.35. The summed E-state index contributed by atoms with van der Waals surface area (Å²) in [6, 6.07) is 0. The minimum absolute atomic E-state index is 0.168. The molecule has 0 aliphatic heterocycles. The van der Waals surface area contributed by atoms with E-state index in [0.29, 0.717) is 18.9 Å². The predicted molar refractivity (Wildman–Crippen MR) is 72.8 cm³/mol. The van der Waals surface area contributed by atoms with Crippen molar-refractivity contribution in [2.45, 2.75) is 30.9 Å². The Morgan fingerprint density at radius 3 is 2.72 bits per heavy atom. The van der Waals surface area contributed by atoms with Gasteiger partial charge in [-0.25, -0.2) is 18.1 Å². The van der Waals surface area contributed by atoms with Crippen LogP contribution in [0.15, 0.2) is 4.21 Å². The molecule has 104 valence electrons. The highest BCUT2D eigenvalue weighted by Crippen LogP contribution is 2.26. The lowest BCUT2D eigenvalue weighted by Crippen LogP contribution is -2.27. The van der Waals surface area contributed by atoms with Gasteiger partial charge in [-0.3, -0.25) is 0 Å². The Morgan fingerprint density at radius 1 is 1.44 bits per heavy atom. The van der Waals surface area contributed by atoms with E-state index in [2.05, 4.69) is 16.6 Å². The molecule has 1 rings (SSSR count). The van der Waals surface area contributed by atoms with Gasteiger partial charge in [0.05, 0.1) is 12.3 Å². The Kier molecular flexibility index (Phi) is 6.51. The van der Waals surface area contributed by atoms with Crippen molar-refractivity contribution in [3.05, 3.63) is 10.2 Å². The van der Waals surface area contributed by atoms with Crippen LogP contribution in [0.3, 0.4) is 0 Å². The van der Waals surface area contributed by atoms with Crippen molar-refractivity contribution in [2.75, 3.05) is 19.8 Å². The number of hydrogen-bond acceptors (Lipinski definition) is 5. The summed E-state index contributed by atoms with van der Waals surface area (Å²) in [7, 11) is -3.52. The van der Waals surface area contributed by atoms with E-state index in [1.165, 1.54) is 0 Å². The highest BCUT2D eigenvalue weighted by molar-refractivity contribution is 7.91. The molecule has 0 amide bonds. The largest absolute Gasteiger partial charge is 0.380 e. The van der Waals surface area contributed by atoms with Crippen LogP contribution in [-0.4, -0.2) is 33.2 Å². The van der Waals surface area contributed by atoms with Crippen LogP contribution in [0.5, 0.6) is 0 Å². The van der Waals surface area contributed by atoms with Crippen molar-refractivity contribution in [1.29, 1.82) is 0 Å². The lowest BCUT2D eigenvalue weighted by molar-refractivity contribution is 0.136. The normalized spacial score (nSPS) is 11.9. The number of nitrogens with one attached hydrogen (secondary N) is 1. The van der Waals surface area contributed by atoms with Gasteiger partial charge in [0.1, 0.15) is 0 Å². The van der Waals surface area contributed by atoms with Crippen LogP contribution in [0.25, 0.3) is 0 Å². The van der Waals surface area contributed by atoms with Crippen molar-refractivity contribution >= 4 is 33.0 Å². The maximum absolute atomic E-state index is 11.9. The van der Waals surface area contributed by atoms with Crippen LogP contribution in [0, 0.1) is 6.92 Å². The number of halogens is 1. The zero-order chi connectivity index (χ0) is 13.6. The summed E-state index contributed by atoms with van der Waals surface area (Å²) in [6.07, 6.45) is 2.04. The molecule has 18 heavy (non-hydrogen) atoms. The summed E-state index contributed by atoms with van der Waals surface area (Å²) >= 11 is 6.64. The summed E-state index contributed by atoms with van der Waals surface area (Å²) in [6.45, 7) is 4.96. The van der Waals surface area contributed by atoms with Crippen LogP contribution < -0.4 is 4.72 Å². The fraction of sp³-hybridized carbons (Fsp3) is 0.700. The van der Waals surface area contributed by atoms with Crippen molar-refractivity contribution in [1.82, 2.24) is 9.71 Å². The predicted octanol–water partition coefficient (Wildman–Crippen LogP) is 2.20. The molecule has 0 aromatic carbocycles. The first-order valence-electron chi connectivity index (χ1n) is 5.67. The Hall–Kier alpha value is -0.210. The molecule has 1 aromatic heterocycles. The van der Waals surface area contributed by atoms with Gasteiger partial charge in [-0.15, -0.1) is 0 Å². The van der Waals surface area contributed by atoms with Gasteiger partial charge >= 0.3 is 0 Å². The SMILES string of the molecule is CCCCOCCNS(=O)(=O)c1sc(Cl)nc1C. The molecule has 0 saturated carbocycles. The molecular weight excluding hydrogens is 296 g/mol. The minimum atomic E-state index is -3.52. The molecule has 0 aliphatic rings. The van der Waals surface area contributed by atoms with E-state index in [0.717, 1.165) is 24.2 Å². The van der Waals surface area contributed by atoms with E-state index in [4.69, 9.17) is 16.3 Å². The van der Waals surface area contributed by atoms with E-state index in [9.17, 15) is 8.42 Å². The molecule has 1 aromatic rings. The average molecular weight is 313 g/mol. The van der Waals surface area contributed by atoms with Crippen molar-refractivity contribution in [2.24, 2.45) is 0 Å². The van der Waals surface area contributed by atoms with Gasteiger partial charge in [-0.1, -0.05) is 36.3 Å². The zero-order valence-corrected chi connectivity index (χ0v) is 12.8. The van der Waals surface area contributed by atoms with E-state index >= 15 is 0 Å². The van der Waals surface area contributed by atoms with E-state index in [1.54, 1.807) is 6.92 Å². The highest BCUT2D eigenvalue weighted by atomic mass is 35.5. The Labute approximate surface area is 117 Å². The van der Waals surface area contributed by atoms with Gasteiger partial charge in [0.25, 0.3) is 10.0 Å². The number of thiazole rings is 1. The number of aromatic nitrogens is 1. The van der Waals surface area contributed by atoms with Crippen molar-refractivity contribution in [3.8, 4) is 0 Å². The van der Waals surface area contributed by atoms with Crippen LogP contribution in [0.1, 0.15) is 25.5 Å². The lowest BCUT2D eigenvalue weighted by Gasteiger charge is -2.06. The average Bonchev–Trinajstić information content (AvgIpc) is 2.63. The number of sulfonamides is 1. The maximum Gasteiger partial charge on any atom is 0.252 e. The molecule has 0 saturated heterocycles. The third-order valence-electron chi connectivity index (χ3n) is 2.15. The van der Waals surface area contributed by atoms with Crippen LogP contribution in [0.4, 0.5) is 0 Å². The summed E-state index contributed by atoms with van der Waals surface area (Å²) in [4.78, 5) is 3.88. The zero-order valence-electron chi connectivity index (χ0n) is 10.4. The van der Waals surface area contributed by atoms with Crippen LogP contribution >= 0.6 is 22.9 Å². The van der Waals surface area contributed by atoms with Crippen LogP contribution in [-0.2, 0) is 14.8 Å². The minimum Gasteiger partial charge on any atom is -0.380 e. The first-order chi connectivity index (χ1) is 8.47. The summed E-state index contributed by atoms with van der Waals surface area (Å²) in [5.74, 6) is 0. The topological polar surface area (TPSA) is 68.3 Å². The van der Waals surface area contributed by atoms with Gasteiger partial charge < -0.3 is 4.74 Å². The third kappa shape index (κ3) is 4.81. The Morgan fingerprint density at radius 2 is 2.17 bits per heavy atom. The van der Waals surface area contributed by atoms with Gasteiger partial charge in [-0.2, -0.15) is 0 Å². The second kappa shape index (κ2) is 7.40. The van der Waals surface area contributed by atoms with E-state index in [-0.39, 0.29) is 15.2 Å². The van der Waals surface area contributed by atoms with E-state index < -0.39 is 10.0 Å². The van der Waals surface area contributed by atoms with E-state index in [1.807, 2.05) is 0 Å². The molecule has 1 N–H and O–H groups in total. The van der Waals surface area contributed by atoms with Gasteiger partial charge in [0.15, 0.2) is 8.68 Å². The summed E-state index contributed by atoms with van der Waals surface area (Å²) in [5.41, 5.74) is 0.421. The quantitative estimate of drug-likeness (QED) is 0.747. The molecule has 0 spiro atoms. The molecule has 5 nitrogen and oxygen atoms in total. The number of rotatable bonds is 8. The number of aryl methyl sites for hydroxylation is 1. The smallest absolute Gasteiger partial charge is 0.252 e. The first kappa shape index (κ1) is 15.8. The van der Waals surface area contributed by atoms with Gasteiger partial charge in [-0.05, 0) is 13.3 Å². The molecule has 0 fully saturated rings. The highest BCUT2D eigenvalue weighted by Gasteiger charge is 2.20. The van der Waals surface area contributed by atoms with Crippen LogP contribution in [0.2, 0.25) is 4.47 Å². The standard InChI is InChI=1S/C10H17ClN2O3S2/c1-3-4-6-16-7-5-12-18(14,15)9-8(2)13-10(11)17-9/h12H,3-7H2,1-2H3. The Bertz CT molecular complexity index is 473. The molecular formula is C10H17ClN2O3S2. The monoisotopic (exact) mass is 312 g/mol. The molecule has 0 radical (unpaired) electrons. The van der Waals surface area contributed by atoms with Crippen molar-refractivity contribution in [3.63, 3.8) is 0 Å².